The Morgan fingerprint density at radius 3 is 1.47 bits per heavy atom. The summed E-state index contributed by atoms with van der Waals surface area (Å²) in [6, 6.07) is 0. The number of hydrogen-bond donors (Lipinski definition) is 0. The Labute approximate surface area is 205 Å². The summed E-state index contributed by atoms with van der Waals surface area (Å²) in [7, 11) is 0. The van der Waals surface area contributed by atoms with E-state index in [2.05, 4.69) is 48.5 Å². The molecule has 0 fully saturated rings. The summed E-state index contributed by atoms with van der Waals surface area (Å²) in [4.78, 5) is 4.88. The number of ether oxygens (including phenoxy) is 1. The summed E-state index contributed by atoms with van der Waals surface area (Å²) >= 11 is -2.22. The first-order valence-corrected chi connectivity index (χ1v) is 24.9. The molecule has 0 saturated carbocycles. The predicted octanol–water partition coefficient (Wildman–Crippen LogP) is 8.96. The number of nitrogens with zero attached hydrogens (tertiary/aromatic N) is 1. The van der Waals surface area contributed by atoms with E-state index in [0.717, 1.165) is 6.61 Å². The first-order chi connectivity index (χ1) is 14.5. The van der Waals surface area contributed by atoms with Gasteiger partial charge in [0.15, 0.2) is 0 Å². The van der Waals surface area contributed by atoms with E-state index in [1.54, 1.807) is 13.3 Å². The van der Waals surface area contributed by atoms with Crippen LogP contribution in [0.15, 0.2) is 4.99 Å². The van der Waals surface area contributed by atoms with Crippen molar-refractivity contribution in [2.45, 2.75) is 141 Å². The Morgan fingerprint density at radius 2 is 1.13 bits per heavy atom. The second kappa shape index (κ2) is 22.0. The summed E-state index contributed by atoms with van der Waals surface area (Å²) in [5, 5.41) is 0. The topological polar surface area (TPSA) is 21.6 Å². The van der Waals surface area contributed by atoms with E-state index < -0.39 is 39.5 Å². The second-order valence-corrected chi connectivity index (χ2v) is 25.9. The van der Waals surface area contributed by atoms with Crippen LogP contribution in [0.4, 0.5) is 0 Å². The normalized spacial score (nSPS) is 16.3. The molecule has 0 aliphatic carbocycles. The molecule has 0 amide bonds. The van der Waals surface area contributed by atoms with Crippen molar-refractivity contribution in [1.82, 2.24) is 0 Å². The van der Waals surface area contributed by atoms with Gasteiger partial charge in [0.05, 0.1) is 0 Å². The van der Waals surface area contributed by atoms with Crippen molar-refractivity contribution in [2.75, 3.05) is 6.61 Å². The monoisotopic (exact) mass is 637 g/mol. The molecule has 0 aromatic heterocycles. The van der Waals surface area contributed by atoms with Gasteiger partial charge in [-0.3, -0.25) is 0 Å². The quantitative estimate of drug-likeness (QED) is 0.146. The van der Waals surface area contributed by atoms with Gasteiger partial charge in [0.25, 0.3) is 0 Å². The van der Waals surface area contributed by atoms with Crippen LogP contribution in [0, 0.1) is 5.92 Å². The van der Waals surface area contributed by atoms with Gasteiger partial charge in [-0.05, 0) is 0 Å². The Balaban J connectivity index is 0.000000584. The minimum absolute atomic E-state index is 0.170. The standard InChI is InChI=1S/C6H10NO.5C4H9.2Sn/c1-5(2)6-7-3-4-8-6;5*1-3-4-2;;/h5-6H,4H2,1-2H3;5*1,3-4H2,2H3;;/t6-;;;;;;;/m1......./s1. The molecule has 0 saturated heterocycles. The zero-order valence-corrected chi connectivity index (χ0v) is 27.5. The molecule has 0 aromatic rings. The summed E-state index contributed by atoms with van der Waals surface area (Å²) in [6.45, 7) is 16.9. The Morgan fingerprint density at radius 1 is 0.733 bits per heavy atom. The van der Waals surface area contributed by atoms with E-state index in [-0.39, 0.29) is 6.23 Å². The van der Waals surface area contributed by atoms with Gasteiger partial charge in [-0.2, -0.15) is 0 Å². The van der Waals surface area contributed by atoms with Crippen molar-refractivity contribution in [2.24, 2.45) is 10.9 Å². The molecule has 1 aliphatic heterocycles. The molecule has 0 spiro atoms. The van der Waals surface area contributed by atoms with E-state index in [9.17, 15) is 0 Å². The zero-order valence-electron chi connectivity index (χ0n) is 21.8. The molecular weight excluding hydrogens is 580 g/mol. The summed E-state index contributed by atoms with van der Waals surface area (Å²) in [5.74, 6) is 0.537. The van der Waals surface area contributed by atoms with Crippen LogP contribution in [-0.4, -0.2) is 56.1 Å². The molecule has 4 heteroatoms. The van der Waals surface area contributed by atoms with Gasteiger partial charge in [0.1, 0.15) is 0 Å². The van der Waals surface area contributed by atoms with Crippen molar-refractivity contribution in [3.05, 3.63) is 0 Å². The Bertz CT molecular complexity index is 373. The first kappa shape index (κ1) is 31.2. The van der Waals surface area contributed by atoms with Crippen molar-refractivity contribution < 1.29 is 4.74 Å². The zero-order chi connectivity index (χ0) is 22.6. The number of rotatable bonds is 17. The molecule has 0 N–H and O–H groups in total. The molecule has 1 atom stereocenters. The molecule has 0 aromatic carbocycles. The predicted molar refractivity (Wildman–Crippen MR) is 142 cm³/mol. The van der Waals surface area contributed by atoms with Gasteiger partial charge in [0.2, 0.25) is 0 Å². The third-order valence-electron chi connectivity index (χ3n) is 5.97. The molecule has 30 heavy (non-hydrogen) atoms. The maximum absolute atomic E-state index is 5.81. The van der Waals surface area contributed by atoms with Crippen LogP contribution in [-0.2, 0) is 4.74 Å². The van der Waals surface area contributed by atoms with Gasteiger partial charge in [-0.25, -0.2) is 0 Å². The fourth-order valence-corrected chi connectivity index (χ4v) is 21.7. The van der Waals surface area contributed by atoms with Gasteiger partial charge in [0, 0.05) is 0 Å². The van der Waals surface area contributed by atoms with Crippen molar-refractivity contribution in [3.8, 4) is 0 Å². The molecule has 1 heterocycles. The van der Waals surface area contributed by atoms with Crippen molar-refractivity contribution in [3.63, 3.8) is 0 Å². The molecule has 0 unspecified atom stereocenters. The SMILES string of the molecule is CCC[CH2][Sn]([CH2]CCC)[CH2]CCC.CCC[CH2][Sn]([CH2]CCC)[C]1=N[C@@H](C(C)C)OC1. The first-order valence-electron chi connectivity index (χ1n) is 13.4. The van der Waals surface area contributed by atoms with E-state index in [1.807, 2.05) is 0 Å². The Hall–Kier alpha value is 1.23. The molecule has 2 radical (unpaired) electrons. The van der Waals surface area contributed by atoms with Crippen LogP contribution in [0.1, 0.15) is 113 Å². The molecular formula is C26H55NOSn2. The van der Waals surface area contributed by atoms with Gasteiger partial charge < -0.3 is 0 Å². The van der Waals surface area contributed by atoms with E-state index >= 15 is 0 Å². The molecule has 178 valence electrons. The van der Waals surface area contributed by atoms with Crippen LogP contribution in [0.5, 0.6) is 0 Å². The van der Waals surface area contributed by atoms with Gasteiger partial charge in [-0.1, -0.05) is 0 Å². The third-order valence-corrected chi connectivity index (χ3v) is 23.6. The average molecular weight is 635 g/mol. The Kier molecular flexibility index (Phi) is 22.9. The van der Waals surface area contributed by atoms with Crippen LogP contribution < -0.4 is 0 Å². The minimum atomic E-state index is -1.38. The summed E-state index contributed by atoms with van der Waals surface area (Å²) < 4.78 is 15.4. The summed E-state index contributed by atoms with van der Waals surface area (Å²) in [5.41, 5.74) is 0. The maximum atomic E-state index is 5.81. The van der Waals surface area contributed by atoms with Gasteiger partial charge in [-0.15, -0.1) is 0 Å². The van der Waals surface area contributed by atoms with E-state index in [0.29, 0.717) is 5.92 Å². The van der Waals surface area contributed by atoms with Crippen molar-refractivity contribution >= 4 is 43.2 Å². The molecule has 1 rings (SSSR count). The van der Waals surface area contributed by atoms with Crippen LogP contribution in [0.3, 0.4) is 0 Å². The fourth-order valence-electron chi connectivity index (χ4n) is 3.78. The van der Waals surface area contributed by atoms with Gasteiger partial charge >= 0.3 is 207 Å². The van der Waals surface area contributed by atoms with Crippen molar-refractivity contribution in [1.29, 1.82) is 0 Å². The fraction of sp³-hybridized carbons (Fsp3) is 0.962. The third kappa shape index (κ3) is 15.9. The average Bonchev–Trinajstić information content (AvgIpc) is 3.24. The second-order valence-electron chi connectivity index (χ2n) is 9.39. The number of unbranched alkanes of at least 4 members (excludes halogenated alkanes) is 5. The number of aliphatic imine (C=N–C) groups is 1. The van der Waals surface area contributed by atoms with Crippen LogP contribution in [0.2, 0.25) is 22.2 Å². The number of hydrogen-bond acceptors (Lipinski definition) is 2. The molecule has 1 aliphatic rings. The molecule has 2 nitrogen and oxygen atoms in total. The van der Waals surface area contributed by atoms with Crippen LogP contribution >= 0.6 is 0 Å². The summed E-state index contributed by atoms with van der Waals surface area (Å²) in [6.07, 6.45) is 14.5. The molecule has 0 bridgehead atoms. The van der Waals surface area contributed by atoms with Crippen LogP contribution in [0.25, 0.3) is 0 Å². The van der Waals surface area contributed by atoms with E-state index in [1.165, 1.54) is 76.8 Å². The van der Waals surface area contributed by atoms with E-state index in [4.69, 9.17) is 9.73 Å².